The second-order valence-corrected chi connectivity index (χ2v) is 7.86. The second kappa shape index (κ2) is 10.8. The molecule has 0 spiro atoms. The van der Waals surface area contributed by atoms with E-state index in [1.165, 1.54) is 17.8 Å². The molecule has 2 amide bonds. The van der Waals surface area contributed by atoms with Gasteiger partial charge < -0.3 is 15.4 Å². The summed E-state index contributed by atoms with van der Waals surface area (Å²) in [4.78, 5) is 24.2. The Bertz CT molecular complexity index is 1100. The summed E-state index contributed by atoms with van der Waals surface area (Å²) in [7, 11) is 1.60. The number of aryl methyl sites for hydroxylation is 2. The van der Waals surface area contributed by atoms with E-state index >= 15 is 0 Å². The minimum Gasteiger partial charge on any atom is -0.497 e. The van der Waals surface area contributed by atoms with Crippen LogP contribution < -0.4 is 15.4 Å². The van der Waals surface area contributed by atoms with Crippen molar-refractivity contribution in [1.82, 2.24) is 25.4 Å². The fourth-order valence-electron chi connectivity index (χ4n) is 2.86. The molecule has 3 aromatic rings. The Morgan fingerprint density at radius 1 is 1.06 bits per heavy atom. The molecule has 10 heteroatoms. The lowest BCUT2D eigenvalue weighted by Gasteiger charge is -2.10. The predicted molar refractivity (Wildman–Crippen MR) is 120 cm³/mol. The molecule has 0 saturated heterocycles. The van der Waals surface area contributed by atoms with Gasteiger partial charge in [-0.2, -0.15) is 0 Å². The smallest absolute Gasteiger partial charge is 0.251 e. The average Bonchev–Trinajstić information content (AvgIpc) is 3.17. The van der Waals surface area contributed by atoms with Crippen LogP contribution in [0, 0.1) is 19.7 Å². The first kappa shape index (κ1) is 23.3. The molecule has 1 aromatic heterocycles. The Hall–Kier alpha value is -3.40. The van der Waals surface area contributed by atoms with Crippen LogP contribution in [0.15, 0.2) is 47.6 Å². The van der Waals surface area contributed by atoms with Crippen LogP contribution in [0.1, 0.15) is 21.7 Å². The molecule has 0 aliphatic heterocycles. The number of nitrogens with zero attached hydrogens (tertiary/aromatic N) is 3. The zero-order valence-corrected chi connectivity index (χ0v) is 18.8. The van der Waals surface area contributed by atoms with Gasteiger partial charge in [0.1, 0.15) is 17.4 Å². The number of benzene rings is 2. The third kappa shape index (κ3) is 5.85. The van der Waals surface area contributed by atoms with E-state index in [1.807, 2.05) is 35.8 Å². The number of rotatable bonds is 9. The lowest BCUT2D eigenvalue weighted by Crippen LogP contribution is -2.35. The normalized spacial score (nSPS) is 10.6. The minimum atomic E-state index is -0.430. The Morgan fingerprint density at radius 2 is 1.78 bits per heavy atom. The van der Waals surface area contributed by atoms with Gasteiger partial charge in [0.15, 0.2) is 5.16 Å². The van der Waals surface area contributed by atoms with Gasteiger partial charge in [0.25, 0.3) is 5.91 Å². The summed E-state index contributed by atoms with van der Waals surface area (Å²) in [5.41, 5.74) is 1.58. The summed E-state index contributed by atoms with van der Waals surface area (Å²) >= 11 is 1.26. The van der Waals surface area contributed by atoms with Gasteiger partial charge in [-0.15, -0.1) is 10.2 Å². The van der Waals surface area contributed by atoms with Crippen LogP contribution in [-0.4, -0.2) is 52.5 Å². The van der Waals surface area contributed by atoms with Crippen LogP contribution in [-0.2, 0) is 4.79 Å². The molecule has 0 fully saturated rings. The first-order valence-electron chi connectivity index (χ1n) is 9.89. The second-order valence-electron chi connectivity index (χ2n) is 6.92. The summed E-state index contributed by atoms with van der Waals surface area (Å²) in [5.74, 6) is 0.565. The fourth-order valence-corrected chi connectivity index (χ4v) is 3.69. The third-order valence-electron chi connectivity index (χ3n) is 4.62. The molecule has 8 nitrogen and oxygen atoms in total. The number of nitrogens with one attached hydrogen (secondary N) is 2. The van der Waals surface area contributed by atoms with Gasteiger partial charge >= 0.3 is 0 Å². The van der Waals surface area contributed by atoms with E-state index in [9.17, 15) is 14.0 Å². The van der Waals surface area contributed by atoms with Gasteiger partial charge in [-0.3, -0.25) is 14.2 Å². The number of methoxy groups -OCH3 is 1. The van der Waals surface area contributed by atoms with Gasteiger partial charge in [-0.25, -0.2) is 4.39 Å². The number of carbonyl (C=O) groups is 2. The highest BCUT2D eigenvalue weighted by atomic mass is 32.2. The molecule has 168 valence electrons. The number of ether oxygens (including phenoxy) is 1. The number of halogens is 1. The van der Waals surface area contributed by atoms with Crippen molar-refractivity contribution in [2.75, 3.05) is 26.0 Å². The Kier molecular flexibility index (Phi) is 7.82. The molecule has 32 heavy (non-hydrogen) atoms. The van der Waals surface area contributed by atoms with Crippen molar-refractivity contribution >= 4 is 23.6 Å². The van der Waals surface area contributed by atoms with E-state index in [0.717, 1.165) is 11.4 Å². The Morgan fingerprint density at radius 3 is 2.47 bits per heavy atom. The maximum atomic E-state index is 13.6. The van der Waals surface area contributed by atoms with Crippen molar-refractivity contribution in [2.24, 2.45) is 0 Å². The molecule has 0 unspecified atom stereocenters. The number of thioether (sulfide) groups is 1. The van der Waals surface area contributed by atoms with Crippen LogP contribution in [0.4, 0.5) is 4.39 Å². The van der Waals surface area contributed by atoms with Gasteiger partial charge in [0.05, 0.1) is 12.9 Å². The van der Waals surface area contributed by atoms with Crippen molar-refractivity contribution in [3.63, 3.8) is 0 Å². The topological polar surface area (TPSA) is 98.1 Å². The SMILES string of the molecule is COc1ccc(-n2c(C)nnc2SCC(=O)NCCNC(=O)c2ccc(C)c(F)c2)cc1. The van der Waals surface area contributed by atoms with Crippen LogP contribution in [0.2, 0.25) is 0 Å². The molecular formula is C22H24FN5O3S. The summed E-state index contributed by atoms with van der Waals surface area (Å²) < 4.78 is 20.6. The van der Waals surface area contributed by atoms with E-state index in [2.05, 4.69) is 20.8 Å². The van der Waals surface area contributed by atoms with Gasteiger partial charge in [-0.05, 0) is 55.8 Å². The molecule has 0 aliphatic carbocycles. The predicted octanol–water partition coefficient (Wildman–Crippen LogP) is 2.67. The summed E-state index contributed by atoms with van der Waals surface area (Å²) in [6.07, 6.45) is 0. The molecule has 2 N–H and O–H groups in total. The summed E-state index contributed by atoms with van der Waals surface area (Å²) in [6, 6.07) is 11.8. The van der Waals surface area contributed by atoms with Crippen LogP contribution in [0.5, 0.6) is 5.75 Å². The molecule has 3 rings (SSSR count). The first-order valence-corrected chi connectivity index (χ1v) is 10.9. The molecule has 0 bridgehead atoms. The lowest BCUT2D eigenvalue weighted by molar-refractivity contribution is -0.118. The van der Waals surface area contributed by atoms with Gasteiger partial charge in [-0.1, -0.05) is 17.8 Å². The number of carbonyl (C=O) groups excluding carboxylic acids is 2. The monoisotopic (exact) mass is 457 g/mol. The molecule has 0 radical (unpaired) electrons. The highest BCUT2D eigenvalue weighted by Gasteiger charge is 2.14. The van der Waals surface area contributed by atoms with E-state index < -0.39 is 11.7 Å². The van der Waals surface area contributed by atoms with Crippen molar-refractivity contribution in [2.45, 2.75) is 19.0 Å². The Labute approximate surface area is 189 Å². The molecular weight excluding hydrogens is 433 g/mol. The number of hydrogen-bond acceptors (Lipinski definition) is 6. The van der Waals surface area contributed by atoms with E-state index in [1.54, 1.807) is 26.2 Å². The fraction of sp³-hybridized carbons (Fsp3) is 0.273. The van der Waals surface area contributed by atoms with Crippen molar-refractivity contribution < 1.29 is 18.7 Å². The zero-order valence-electron chi connectivity index (χ0n) is 18.0. The maximum Gasteiger partial charge on any atom is 0.251 e. The lowest BCUT2D eigenvalue weighted by atomic mass is 10.1. The largest absolute Gasteiger partial charge is 0.497 e. The molecule has 0 saturated carbocycles. The average molecular weight is 458 g/mol. The summed E-state index contributed by atoms with van der Waals surface area (Å²) in [5, 5.41) is 14.2. The summed E-state index contributed by atoms with van der Waals surface area (Å²) in [6.45, 7) is 3.95. The van der Waals surface area contributed by atoms with Crippen molar-refractivity contribution in [3.8, 4) is 11.4 Å². The van der Waals surface area contributed by atoms with Gasteiger partial charge in [0.2, 0.25) is 5.91 Å². The third-order valence-corrected chi connectivity index (χ3v) is 5.55. The highest BCUT2D eigenvalue weighted by Crippen LogP contribution is 2.23. The minimum absolute atomic E-state index is 0.144. The molecule has 2 aromatic carbocycles. The number of hydrogen-bond donors (Lipinski definition) is 2. The van der Waals surface area contributed by atoms with Crippen LogP contribution >= 0.6 is 11.8 Å². The van der Waals surface area contributed by atoms with Crippen molar-refractivity contribution in [1.29, 1.82) is 0 Å². The Balaban J connectivity index is 1.46. The van der Waals surface area contributed by atoms with Gasteiger partial charge in [0, 0.05) is 24.3 Å². The molecule has 0 aliphatic rings. The standard InChI is InChI=1S/C22H24FN5O3S/c1-14-4-5-16(12-19(14)23)21(30)25-11-10-24-20(29)13-32-22-27-26-15(2)28(22)17-6-8-18(31-3)9-7-17/h4-9,12H,10-11,13H2,1-3H3,(H,24,29)(H,25,30). The molecule has 1 heterocycles. The molecule has 0 atom stereocenters. The number of amides is 2. The highest BCUT2D eigenvalue weighted by molar-refractivity contribution is 7.99. The van der Waals surface area contributed by atoms with Crippen LogP contribution in [0.3, 0.4) is 0 Å². The van der Waals surface area contributed by atoms with E-state index in [4.69, 9.17) is 4.74 Å². The van der Waals surface area contributed by atoms with E-state index in [0.29, 0.717) is 16.5 Å². The van der Waals surface area contributed by atoms with Crippen molar-refractivity contribution in [3.05, 3.63) is 65.2 Å². The van der Waals surface area contributed by atoms with Crippen LogP contribution in [0.25, 0.3) is 5.69 Å². The zero-order chi connectivity index (χ0) is 23.1. The number of aromatic nitrogens is 3. The van der Waals surface area contributed by atoms with E-state index in [-0.39, 0.29) is 30.3 Å². The first-order chi connectivity index (χ1) is 15.4. The maximum absolute atomic E-state index is 13.6. The quantitative estimate of drug-likeness (QED) is 0.379.